The summed E-state index contributed by atoms with van der Waals surface area (Å²) in [7, 11) is 1.34. The van der Waals surface area contributed by atoms with Crippen molar-refractivity contribution in [2.24, 2.45) is 0 Å². The Morgan fingerprint density at radius 3 is 2.83 bits per heavy atom. The molecule has 1 aliphatic rings. The van der Waals surface area contributed by atoms with Crippen molar-refractivity contribution >= 4 is 5.97 Å². The predicted molar refractivity (Wildman–Crippen MR) is 85.6 cm³/mol. The third-order valence-corrected chi connectivity index (χ3v) is 5.07. The number of esters is 1. The SMILES string of the molecule is COC(=O)[C@]1(c2cccc(F)c2C)CCC(c2cncc(F)c2)C1. The fourth-order valence-corrected chi connectivity index (χ4v) is 3.84. The highest BCUT2D eigenvalue weighted by Crippen LogP contribution is 2.50. The van der Waals surface area contributed by atoms with Gasteiger partial charge in [0.1, 0.15) is 11.6 Å². The molecule has 2 atom stereocenters. The molecule has 126 valence electrons. The molecule has 0 aliphatic heterocycles. The number of carbonyl (C=O) groups excluding carboxylic acids is 1. The maximum absolute atomic E-state index is 14.0. The van der Waals surface area contributed by atoms with E-state index in [0.29, 0.717) is 30.4 Å². The number of benzene rings is 1. The van der Waals surface area contributed by atoms with Gasteiger partial charge in [-0.2, -0.15) is 0 Å². The lowest BCUT2D eigenvalue weighted by molar-refractivity contribution is -0.147. The second kappa shape index (κ2) is 6.30. The number of nitrogens with zero attached hydrogens (tertiary/aromatic N) is 1. The summed E-state index contributed by atoms with van der Waals surface area (Å²) < 4.78 is 32.5. The summed E-state index contributed by atoms with van der Waals surface area (Å²) in [5.74, 6) is -1.13. The summed E-state index contributed by atoms with van der Waals surface area (Å²) in [5.41, 5.74) is 0.967. The van der Waals surface area contributed by atoms with Gasteiger partial charge in [0.15, 0.2) is 0 Å². The van der Waals surface area contributed by atoms with Crippen molar-refractivity contribution in [2.75, 3.05) is 7.11 Å². The number of pyridine rings is 1. The Morgan fingerprint density at radius 2 is 2.12 bits per heavy atom. The van der Waals surface area contributed by atoms with Crippen LogP contribution in [-0.4, -0.2) is 18.1 Å². The van der Waals surface area contributed by atoms with Gasteiger partial charge in [-0.15, -0.1) is 0 Å². The Labute approximate surface area is 139 Å². The van der Waals surface area contributed by atoms with Crippen LogP contribution < -0.4 is 0 Å². The van der Waals surface area contributed by atoms with Gasteiger partial charge in [-0.05, 0) is 60.9 Å². The van der Waals surface area contributed by atoms with Crippen molar-refractivity contribution in [3.63, 3.8) is 0 Å². The number of aromatic nitrogens is 1. The summed E-state index contributed by atoms with van der Waals surface area (Å²) >= 11 is 0. The van der Waals surface area contributed by atoms with Gasteiger partial charge in [-0.25, -0.2) is 8.78 Å². The Balaban J connectivity index is 2.03. The molecular weight excluding hydrogens is 312 g/mol. The molecule has 5 heteroatoms. The van der Waals surface area contributed by atoms with Gasteiger partial charge in [-0.3, -0.25) is 9.78 Å². The molecule has 3 rings (SSSR count). The number of hydrogen-bond acceptors (Lipinski definition) is 3. The van der Waals surface area contributed by atoms with E-state index in [2.05, 4.69) is 4.98 Å². The molecule has 1 heterocycles. The van der Waals surface area contributed by atoms with Gasteiger partial charge in [0, 0.05) is 6.20 Å². The largest absolute Gasteiger partial charge is 0.468 e. The summed E-state index contributed by atoms with van der Waals surface area (Å²) in [5, 5.41) is 0. The van der Waals surface area contributed by atoms with Gasteiger partial charge in [-0.1, -0.05) is 12.1 Å². The highest BCUT2D eigenvalue weighted by atomic mass is 19.1. The van der Waals surface area contributed by atoms with Crippen LogP contribution in [0, 0.1) is 18.6 Å². The van der Waals surface area contributed by atoms with E-state index in [9.17, 15) is 13.6 Å². The van der Waals surface area contributed by atoms with Crippen molar-refractivity contribution in [1.82, 2.24) is 4.98 Å². The zero-order chi connectivity index (χ0) is 17.3. The highest BCUT2D eigenvalue weighted by molar-refractivity contribution is 5.84. The summed E-state index contributed by atoms with van der Waals surface area (Å²) in [6.07, 6.45) is 4.46. The molecule has 0 spiro atoms. The molecule has 0 bridgehead atoms. The highest BCUT2D eigenvalue weighted by Gasteiger charge is 2.49. The van der Waals surface area contributed by atoms with E-state index in [1.54, 1.807) is 25.3 Å². The van der Waals surface area contributed by atoms with Gasteiger partial charge in [0.05, 0.1) is 18.7 Å². The second-order valence-electron chi connectivity index (χ2n) is 6.36. The third-order valence-electron chi connectivity index (χ3n) is 5.07. The number of ether oxygens (including phenoxy) is 1. The van der Waals surface area contributed by atoms with Crippen molar-refractivity contribution < 1.29 is 18.3 Å². The summed E-state index contributed by atoms with van der Waals surface area (Å²) in [6, 6.07) is 6.22. The first-order chi connectivity index (χ1) is 11.5. The minimum Gasteiger partial charge on any atom is -0.468 e. The molecule has 0 N–H and O–H groups in total. The van der Waals surface area contributed by atoms with E-state index in [4.69, 9.17) is 4.74 Å². The monoisotopic (exact) mass is 331 g/mol. The van der Waals surface area contributed by atoms with Crippen LogP contribution in [0.25, 0.3) is 0 Å². The smallest absolute Gasteiger partial charge is 0.316 e. The van der Waals surface area contributed by atoms with Crippen LogP contribution >= 0.6 is 0 Å². The summed E-state index contributed by atoms with van der Waals surface area (Å²) in [6.45, 7) is 1.67. The third kappa shape index (κ3) is 2.68. The molecule has 1 aromatic heterocycles. The average Bonchev–Trinajstić information content (AvgIpc) is 3.03. The van der Waals surface area contributed by atoms with E-state index < -0.39 is 11.2 Å². The maximum Gasteiger partial charge on any atom is 0.316 e. The number of rotatable bonds is 3. The van der Waals surface area contributed by atoms with Crippen LogP contribution in [-0.2, 0) is 14.9 Å². The molecule has 24 heavy (non-hydrogen) atoms. The van der Waals surface area contributed by atoms with E-state index in [0.717, 1.165) is 11.8 Å². The molecule has 1 aromatic carbocycles. The lowest BCUT2D eigenvalue weighted by Crippen LogP contribution is -2.35. The van der Waals surface area contributed by atoms with E-state index >= 15 is 0 Å². The topological polar surface area (TPSA) is 39.2 Å². The molecule has 2 aromatic rings. The van der Waals surface area contributed by atoms with Crippen LogP contribution in [0.15, 0.2) is 36.7 Å². The van der Waals surface area contributed by atoms with Crippen molar-refractivity contribution in [2.45, 2.75) is 37.5 Å². The molecule has 3 nitrogen and oxygen atoms in total. The van der Waals surface area contributed by atoms with Gasteiger partial charge >= 0.3 is 5.97 Å². The standard InChI is InChI=1S/C19H19F2NO2/c1-12-16(4-3-5-17(12)21)19(18(23)24-2)7-6-13(9-19)14-8-15(20)11-22-10-14/h3-5,8,10-11,13H,6-7,9H2,1-2H3/t13?,19-/m1/s1. The number of carbonyl (C=O) groups is 1. The quantitative estimate of drug-likeness (QED) is 0.797. The van der Waals surface area contributed by atoms with E-state index in [1.165, 1.54) is 19.2 Å². The maximum atomic E-state index is 14.0. The van der Waals surface area contributed by atoms with Crippen molar-refractivity contribution in [3.8, 4) is 0 Å². The predicted octanol–water partition coefficient (Wildman–Crippen LogP) is 4.05. The Bertz CT molecular complexity index is 778. The first-order valence-electron chi connectivity index (χ1n) is 7.92. The minimum atomic E-state index is -0.905. The zero-order valence-corrected chi connectivity index (χ0v) is 13.7. The van der Waals surface area contributed by atoms with Crippen LogP contribution in [0.4, 0.5) is 8.78 Å². The summed E-state index contributed by atoms with van der Waals surface area (Å²) in [4.78, 5) is 16.5. The number of hydrogen-bond donors (Lipinski definition) is 0. The van der Waals surface area contributed by atoms with E-state index in [1.807, 2.05) is 0 Å². The Kier molecular flexibility index (Phi) is 4.35. The second-order valence-corrected chi connectivity index (χ2v) is 6.36. The average molecular weight is 331 g/mol. The fourth-order valence-electron chi connectivity index (χ4n) is 3.84. The lowest BCUT2D eigenvalue weighted by Gasteiger charge is -2.29. The molecule has 0 saturated heterocycles. The van der Waals surface area contributed by atoms with Crippen LogP contribution in [0.2, 0.25) is 0 Å². The Hall–Kier alpha value is -2.30. The molecule has 1 saturated carbocycles. The van der Waals surface area contributed by atoms with Crippen molar-refractivity contribution in [1.29, 1.82) is 0 Å². The molecular formula is C19H19F2NO2. The van der Waals surface area contributed by atoms with Crippen molar-refractivity contribution in [3.05, 3.63) is 65.0 Å². The Morgan fingerprint density at radius 1 is 1.33 bits per heavy atom. The number of methoxy groups -OCH3 is 1. The van der Waals surface area contributed by atoms with Gasteiger partial charge < -0.3 is 4.74 Å². The van der Waals surface area contributed by atoms with Gasteiger partial charge in [0.2, 0.25) is 0 Å². The molecule has 1 unspecified atom stereocenters. The molecule has 1 fully saturated rings. The molecule has 0 amide bonds. The van der Waals surface area contributed by atoms with Crippen LogP contribution in [0.3, 0.4) is 0 Å². The normalized spacial score (nSPS) is 23.2. The fraction of sp³-hybridized carbons (Fsp3) is 0.368. The first kappa shape index (κ1) is 16.6. The van der Waals surface area contributed by atoms with E-state index in [-0.39, 0.29) is 17.7 Å². The molecule has 0 radical (unpaired) electrons. The van der Waals surface area contributed by atoms with Gasteiger partial charge in [0.25, 0.3) is 0 Å². The molecule has 1 aliphatic carbocycles. The van der Waals surface area contributed by atoms with Crippen LogP contribution in [0.1, 0.15) is 41.9 Å². The minimum absolute atomic E-state index is 0.0185. The lowest BCUT2D eigenvalue weighted by atomic mass is 9.75. The zero-order valence-electron chi connectivity index (χ0n) is 13.7. The first-order valence-corrected chi connectivity index (χ1v) is 7.92. The van der Waals surface area contributed by atoms with Crippen LogP contribution in [0.5, 0.6) is 0 Å². The number of halogens is 2.